The number of ether oxygens (including phenoxy) is 4. The van der Waals surface area contributed by atoms with Gasteiger partial charge in [0.05, 0.1) is 31.5 Å². The van der Waals surface area contributed by atoms with E-state index in [0.717, 1.165) is 16.7 Å². The maximum atomic E-state index is 12.5. The molecule has 7 nitrogen and oxygen atoms in total. The van der Waals surface area contributed by atoms with Crippen LogP contribution in [0.3, 0.4) is 0 Å². The second kappa shape index (κ2) is 12.7. The number of methoxy groups -OCH3 is 2. The van der Waals surface area contributed by atoms with Crippen molar-refractivity contribution in [3.8, 4) is 17.2 Å². The predicted molar refractivity (Wildman–Crippen MR) is 140 cm³/mol. The number of esters is 1. The highest BCUT2D eigenvalue weighted by Crippen LogP contribution is 2.32. The van der Waals surface area contributed by atoms with E-state index < -0.39 is 11.9 Å². The molecule has 3 aromatic rings. The van der Waals surface area contributed by atoms with E-state index in [4.69, 9.17) is 30.5 Å². The molecule has 0 fully saturated rings. The van der Waals surface area contributed by atoms with Crippen LogP contribution < -0.4 is 19.5 Å². The Morgan fingerprint density at radius 3 is 2.42 bits per heavy atom. The molecule has 0 aromatic heterocycles. The molecular weight excluding hydrogens is 482 g/mol. The minimum atomic E-state index is -0.561. The van der Waals surface area contributed by atoms with Crippen molar-refractivity contribution >= 4 is 35.2 Å². The van der Waals surface area contributed by atoms with E-state index in [1.54, 1.807) is 32.2 Å². The number of carbonyl (C=O) groups is 2. The largest absolute Gasteiger partial charge is 0.496 e. The first-order valence-corrected chi connectivity index (χ1v) is 11.6. The van der Waals surface area contributed by atoms with Crippen molar-refractivity contribution in [1.29, 1.82) is 0 Å². The second-order valence-electron chi connectivity index (χ2n) is 7.70. The smallest absolute Gasteiger partial charge is 0.341 e. The third-order valence-corrected chi connectivity index (χ3v) is 5.61. The number of halogens is 1. The van der Waals surface area contributed by atoms with E-state index in [2.05, 4.69) is 5.32 Å². The number of carbonyl (C=O) groups excluding carboxylic acids is 2. The van der Waals surface area contributed by atoms with Crippen molar-refractivity contribution in [2.45, 2.75) is 20.5 Å². The van der Waals surface area contributed by atoms with Gasteiger partial charge in [0.15, 0.2) is 11.5 Å². The highest BCUT2D eigenvalue weighted by atomic mass is 35.5. The first-order chi connectivity index (χ1) is 17.4. The van der Waals surface area contributed by atoms with Crippen molar-refractivity contribution in [3.05, 3.63) is 87.9 Å². The van der Waals surface area contributed by atoms with Crippen LogP contribution in [0.2, 0.25) is 5.02 Å². The van der Waals surface area contributed by atoms with Crippen LogP contribution in [-0.4, -0.2) is 32.7 Å². The summed E-state index contributed by atoms with van der Waals surface area (Å²) in [5.74, 6) is 0.413. The number of aryl methyl sites for hydroxylation is 1. The molecular formula is C28H28ClNO6. The van der Waals surface area contributed by atoms with Crippen LogP contribution in [0.25, 0.3) is 6.08 Å². The third-order valence-electron chi connectivity index (χ3n) is 5.30. The fraction of sp³-hybridized carbons (Fsp3) is 0.214. The molecule has 0 unspecified atom stereocenters. The van der Waals surface area contributed by atoms with Crippen molar-refractivity contribution in [2.24, 2.45) is 0 Å². The molecule has 1 amide bonds. The van der Waals surface area contributed by atoms with E-state index >= 15 is 0 Å². The van der Waals surface area contributed by atoms with Crippen LogP contribution in [0.4, 0.5) is 5.69 Å². The third kappa shape index (κ3) is 6.79. The molecule has 0 radical (unpaired) electrons. The molecule has 3 rings (SSSR count). The van der Waals surface area contributed by atoms with Crippen molar-refractivity contribution < 1.29 is 28.5 Å². The number of nitrogens with one attached hydrogen (secondary N) is 1. The van der Waals surface area contributed by atoms with Crippen LogP contribution in [0.15, 0.2) is 60.7 Å². The Balaban J connectivity index is 1.69. The molecule has 0 saturated carbocycles. The Morgan fingerprint density at radius 2 is 1.72 bits per heavy atom. The molecule has 0 heterocycles. The van der Waals surface area contributed by atoms with Gasteiger partial charge < -0.3 is 24.3 Å². The highest BCUT2D eigenvalue weighted by Gasteiger charge is 2.17. The van der Waals surface area contributed by atoms with E-state index in [-0.39, 0.29) is 22.9 Å². The van der Waals surface area contributed by atoms with Crippen LogP contribution >= 0.6 is 11.6 Å². The molecule has 0 aliphatic rings. The fourth-order valence-electron chi connectivity index (χ4n) is 3.37. The average Bonchev–Trinajstić information content (AvgIpc) is 2.88. The number of amides is 1. The van der Waals surface area contributed by atoms with Gasteiger partial charge in [-0.25, -0.2) is 4.79 Å². The number of benzene rings is 3. The van der Waals surface area contributed by atoms with Gasteiger partial charge in [-0.15, -0.1) is 0 Å². The van der Waals surface area contributed by atoms with Crippen LogP contribution in [0.1, 0.15) is 34.0 Å². The molecule has 0 bridgehead atoms. The topological polar surface area (TPSA) is 83.1 Å². The zero-order valence-corrected chi connectivity index (χ0v) is 21.3. The SMILES string of the molecule is CCOC(=O)c1cc(Cl)c(NC(=O)/C=C/c2ccc(OCc3ccccc3C)c(OC)c2)cc1OC. The summed E-state index contributed by atoms with van der Waals surface area (Å²) in [7, 11) is 2.98. The Morgan fingerprint density at radius 1 is 0.972 bits per heavy atom. The van der Waals surface area contributed by atoms with Gasteiger partial charge in [0.25, 0.3) is 0 Å². The molecule has 36 heavy (non-hydrogen) atoms. The average molecular weight is 510 g/mol. The molecule has 3 aromatic carbocycles. The molecule has 0 aliphatic heterocycles. The first kappa shape index (κ1) is 26.6. The Labute approximate surface area is 215 Å². The highest BCUT2D eigenvalue weighted by molar-refractivity contribution is 6.34. The summed E-state index contributed by atoms with van der Waals surface area (Å²) >= 11 is 6.27. The van der Waals surface area contributed by atoms with Crippen LogP contribution in [0, 0.1) is 6.92 Å². The Kier molecular flexibility index (Phi) is 9.36. The summed E-state index contributed by atoms with van der Waals surface area (Å²) in [4.78, 5) is 24.6. The van der Waals surface area contributed by atoms with Crippen LogP contribution in [0.5, 0.6) is 17.2 Å². The zero-order valence-electron chi connectivity index (χ0n) is 20.6. The Hall–Kier alpha value is -3.97. The maximum absolute atomic E-state index is 12.5. The monoisotopic (exact) mass is 509 g/mol. The predicted octanol–water partition coefficient (Wildman–Crippen LogP) is 6.07. The lowest BCUT2D eigenvalue weighted by atomic mass is 10.1. The second-order valence-corrected chi connectivity index (χ2v) is 8.11. The zero-order chi connectivity index (χ0) is 26.1. The molecule has 0 saturated heterocycles. The quantitative estimate of drug-likeness (QED) is 0.264. The lowest BCUT2D eigenvalue weighted by Crippen LogP contribution is -2.11. The van der Waals surface area contributed by atoms with Gasteiger partial charge in [0, 0.05) is 12.1 Å². The van der Waals surface area contributed by atoms with Gasteiger partial charge in [-0.05, 0) is 54.8 Å². The molecule has 0 spiro atoms. The van der Waals surface area contributed by atoms with Gasteiger partial charge in [0.2, 0.25) is 5.91 Å². The Bertz CT molecular complexity index is 1270. The summed E-state index contributed by atoms with van der Waals surface area (Å²) < 4.78 is 21.7. The van der Waals surface area contributed by atoms with Crippen molar-refractivity contribution in [2.75, 3.05) is 26.1 Å². The molecule has 8 heteroatoms. The lowest BCUT2D eigenvalue weighted by molar-refractivity contribution is -0.111. The van der Waals surface area contributed by atoms with E-state index in [0.29, 0.717) is 23.8 Å². The minimum Gasteiger partial charge on any atom is -0.496 e. The number of hydrogen-bond donors (Lipinski definition) is 1. The van der Waals surface area contributed by atoms with Crippen molar-refractivity contribution in [3.63, 3.8) is 0 Å². The summed E-state index contributed by atoms with van der Waals surface area (Å²) in [6, 6.07) is 16.3. The summed E-state index contributed by atoms with van der Waals surface area (Å²) in [5.41, 5.74) is 3.45. The summed E-state index contributed by atoms with van der Waals surface area (Å²) in [6.45, 7) is 4.37. The fourth-order valence-corrected chi connectivity index (χ4v) is 3.58. The number of hydrogen-bond acceptors (Lipinski definition) is 6. The maximum Gasteiger partial charge on any atom is 0.341 e. The molecule has 0 atom stereocenters. The van der Waals surface area contributed by atoms with Gasteiger partial charge in [-0.1, -0.05) is 41.9 Å². The van der Waals surface area contributed by atoms with Gasteiger partial charge >= 0.3 is 5.97 Å². The van der Waals surface area contributed by atoms with Gasteiger partial charge in [0.1, 0.15) is 17.9 Å². The lowest BCUT2D eigenvalue weighted by Gasteiger charge is -2.13. The van der Waals surface area contributed by atoms with Gasteiger partial charge in [-0.2, -0.15) is 0 Å². The minimum absolute atomic E-state index is 0.176. The molecule has 1 N–H and O–H groups in total. The first-order valence-electron chi connectivity index (χ1n) is 11.2. The number of anilines is 1. The van der Waals surface area contributed by atoms with Crippen molar-refractivity contribution in [1.82, 2.24) is 0 Å². The van der Waals surface area contributed by atoms with Gasteiger partial charge in [-0.3, -0.25) is 4.79 Å². The summed E-state index contributed by atoms with van der Waals surface area (Å²) in [6.07, 6.45) is 3.01. The standard InChI is InChI=1S/C28H28ClNO6/c1-5-35-28(32)21-15-22(29)23(16-25(21)33-3)30-27(31)13-11-19-10-12-24(26(14-19)34-4)36-17-20-9-7-6-8-18(20)2/h6-16H,5,17H2,1-4H3,(H,30,31)/b13-11+. The number of rotatable bonds is 10. The van der Waals surface area contributed by atoms with E-state index in [9.17, 15) is 9.59 Å². The van der Waals surface area contributed by atoms with Crippen LogP contribution in [-0.2, 0) is 16.1 Å². The molecule has 0 aliphatic carbocycles. The summed E-state index contributed by atoms with van der Waals surface area (Å²) in [5, 5.41) is 2.87. The van der Waals surface area contributed by atoms with E-state index in [1.807, 2.05) is 37.3 Å². The van der Waals surface area contributed by atoms with E-state index in [1.165, 1.54) is 25.3 Å². The normalized spacial score (nSPS) is 10.7. The molecule has 188 valence electrons.